The minimum absolute atomic E-state index is 0.139. The number of carboxylic acid groups (broad SMARTS) is 1. The number of rotatable bonds is 7. The van der Waals surface area contributed by atoms with Crippen LogP contribution in [-0.4, -0.2) is 35.9 Å². The normalized spacial score (nSPS) is 25.8. The average molecular weight is 272 g/mol. The Hall–Kier alpha value is -1.10. The maximum absolute atomic E-state index is 12.1. The van der Waals surface area contributed by atoms with Gasteiger partial charge < -0.3 is 14.6 Å². The molecule has 3 unspecified atom stereocenters. The Morgan fingerprint density at radius 3 is 2.47 bits per heavy atom. The predicted octanol–water partition coefficient (Wildman–Crippen LogP) is 2.38. The lowest BCUT2D eigenvalue weighted by atomic mass is 9.78. The first-order chi connectivity index (χ1) is 8.96. The Kier molecular flexibility index (Phi) is 5.79. The van der Waals surface area contributed by atoms with Gasteiger partial charge in [0.2, 0.25) is 0 Å². The number of aliphatic carboxylic acids is 1. The van der Waals surface area contributed by atoms with Crippen LogP contribution in [0.25, 0.3) is 0 Å². The van der Waals surface area contributed by atoms with E-state index in [2.05, 4.69) is 0 Å². The first-order valence-electron chi connectivity index (χ1n) is 7.02. The highest BCUT2D eigenvalue weighted by atomic mass is 16.5. The molecular weight excluding hydrogens is 248 g/mol. The summed E-state index contributed by atoms with van der Waals surface area (Å²) in [5.74, 6) is -1.73. The molecule has 1 aliphatic rings. The SMILES string of the molecule is CCCC(CC1CCC(C)O1)(C(=O)O)C(=O)OCC. The molecule has 0 aliphatic carbocycles. The van der Waals surface area contributed by atoms with Gasteiger partial charge >= 0.3 is 11.9 Å². The second kappa shape index (κ2) is 6.89. The van der Waals surface area contributed by atoms with Crippen molar-refractivity contribution in [1.82, 2.24) is 0 Å². The van der Waals surface area contributed by atoms with Gasteiger partial charge in [0.15, 0.2) is 5.41 Å². The summed E-state index contributed by atoms with van der Waals surface area (Å²) in [6.45, 7) is 5.71. The Morgan fingerprint density at radius 1 is 1.37 bits per heavy atom. The van der Waals surface area contributed by atoms with E-state index in [-0.39, 0.29) is 31.7 Å². The summed E-state index contributed by atoms with van der Waals surface area (Å²) in [4.78, 5) is 23.7. The van der Waals surface area contributed by atoms with Gasteiger partial charge in [-0.1, -0.05) is 13.3 Å². The molecule has 0 amide bonds. The third-order valence-corrected chi connectivity index (χ3v) is 3.65. The summed E-state index contributed by atoms with van der Waals surface area (Å²) in [5.41, 5.74) is -1.46. The topological polar surface area (TPSA) is 72.8 Å². The molecule has 0 aromatic rings. The van der Waals surface area contributed by atoms with Crippen molar-refractivity contribution in [2.45, 2.75) is 65.1 Å². The molecule has 0 aromatic carbocycles. The van der Waals surface area contributed by atoms with Gasteiger partial charge in [-0.05, 0) is 33.1 Å². The van der Waals surface area contributed by atoms with Crippen molar-refractivity contribution in [1.29, 1.82) is 0 Å². The van der Waals surface area contributed by atoms with Gasteiger partial charge in [0, 0.05) is 6.42 Å². The maximum atomic E-state index is 12.1. The van der Waals surface area contributed by atoms with Crippen LogP contribution in [0.3, 0.4) is 0 Å². The van der Waals surface area contributed by atoms with Crippen molar-refractivity contribution in [3.63, 3.8) is 0 Å². The molecule has 1 aliphatic heterocycles. The number of esters is 1. The number of hydrogen-bond donors (Lipinski definition) is 1. The molecule has 5 heteroatoms. The number of carbonyl (C=O) groups is 2. The summed E-state index contributed by atoms with van der Waals surface area (Å²) < 4.78 is 10.7. The first-order valence-corrected chi connectivity index (χ1v) is 7.02. The summed E-state index contributed by atoms with van der Waals surface area (Å²) in [6.07, 6.45) is 2.80. The van der Waals surface area contributed by atoms with E-state index in [1.165, 1.54) is 0 Å². The number of hydrogen-bond acceptors (Lipinski definition) is 4. The monoisotopic (exact) mass is 272 g/mol. The minimum Gasteiger partial charge on any atom is -0.480 e. The molecule has 0 aromatic heterocycles. The van der Waals surface area contributed by atoms with Crippen LogP contribution in [0.15, 0.2) is 0 Å². The fourth-order valence-corrected chi connectivity index (χ4v) is 2.69. The van der Waals surface area contributed by atoms with Gasteiger partial charge in [-0.3, -0.25) is 9.59 Å². The summed E-state index contributed by atoms with van der Waals surface area (Å²) in [6, 6.07) is 0. The molecule has 5 nitrogen and oxygen atoms in total. The summed E-state index contributed by atoms with van der Waals surface area (Å²) >= 11 is 0. The van der Waals surface area contributed by atoms with E-state index in [9.17, 15) is 14.7 Å². The van der Waals surface area contributed by atoms with Gasteiger partial charge in [-0.2, -0.15) is 0 Å². The number of ether oxygens (including phenoxy) is 2. The molecule has 1 saturated heterocycles. The van der Waals surface area contributed by atoms with E-state index >= 15 is 0 Å². The highest BCUT2D eigenvalue weighted by Gasteiger charge is 2.49. The van der Waals surface area contributed by atoms with Gasteiger partial charge in [-0.25, -0.2) is 0 Å². The van der Waals surface area contributed by atoms with Crippen LogP contribution in [0.2, 0.25) is 0 Å². The Bertz CT molecular complexity index is 328. The molecule has 19 heavy (non-hydrogen) atoms. The fraction of sp³-hybridized carbons (Fsp3) is 0.857. The average Bonchev–Trinajstić information content (AvgIpc) is 2.74. The summed E-state index contributed by atoms with van der Waals surface area (Å²) in [5, 5.41) is 9.52. The van der Waals surface area contributed by atoms with Crippen molar-refractivity contribution in [3.05, 3.63) is 0 Å². The first kappa shape index (κ1) is 16.0. The van der Waals surface area contributed by atoms with Crippen LogP contribution in [-0.2, 0) is 19.1 Å². The summed E-state index contributed by atoms with van der Waals surface area (Å²) in [7, 11) is 0. The second-order valence-electron chi connectivity index (χ2n) is 5.21. The van der Waals surface area contributed by atoms with Crippen molar-refractivity contribution in [2.24, 2.45) is 5.41 Å². The van der Waals surface area contributed by atoms with Crippen LogP contribution < -0.4 is 0 Å². The molecule has 1 heterocycles. The lowest BCUT2D eigenvalue weighted by Crippen LogP contribution is -2.43. The molecular formula is C14H24O5. The highest BCUT2D eigenvalue weighted by Crippen LogP contribution is 2.36. The zero-order valence-corrected chi connectivity index (χ0v) is 12.0. The van der Waals surface area contributed by atoms with Crippen LogP contribution >= 0.6 is 0 Å². The molecule has 0 spiro atoms. The Labute approximate surface area is 114 Å². The second-order valence-corrected chi connectivity index (χ2v) is 5.21. The van der Waals surface area contributed by atoms with E-state index in [1.807, 2.05) is 13.8 Å². The van der Waals surface area contributed by atoms with Gasteiger partial charge in [-0.15, -0.1) is 0 Å². The molecule has 1 rings (SSSR count). The highest BCUT2D eigenvalue weighted by molar-refractivity contribution is 5.99. The van der Waals surface area contributed by atoms with E-state index in [0.29, 0.717) is 6.42 Å². The lowest BCUT2D eigenvalue weighted by Gasteiger charge is -2.29. The van der Waals surface area contributed by atoms with Crippen LogP contribution in [0.5, 0.6) is 0 Å². The molecule has 110 valence electrons. The lowest BCUT2D eigenvalue weighted by molar-refractivity contribution is -0.172. The van der Waals surface area contributed by atoms with Crippen molar-refractivity contribution >= 4 is 11.9 Å². The standard InChI is InChI=1S/C14H24O5/c1-4-8-14(12(15)16,13(17)18-5-2)9-11-7-6-10(3)19-11/h10-11H,4-9H2,1-3H3,(H,15,16). The number of carboxylic acids is 1. The Balaban J connectivity index is 2.88. The van der Waals surface area contributed by atoms with Crippen LogP contribution in [0.1, 0.15) is 52.9 Å². The zero-order chi connectivity index (χ0) is 14.5. The van der Waals surface area contributed by atoms with E-state index in [0.717, 1.165) is 12.8 Å². The van der Waals surface area contributed by atoms with E-state index < -0.39 is 17.4 Å². The van der Waals surface area contributed by atoms with Crippen LogP contribution in [0.4, 0.5) is 0 Å². The third-order valence-electron chi connectivity index (χ3n) is 3.65. The van der Waals surface area contributed by atoms with E-state index in [4.69, 9.17) is 9.47 Å². The maximum Gasteiger partial charge on any atom is 0.323 e. The third kappa shape index (κ3) is 3.69. The fourth-order valence-electron chi connectivity index (χ4n) is 2.69. The smallest absolute Gasteiger partial charge is 0.323 e. The van der Waals surface area contributed by atoms with E-state index in [1.54, 1.807) is 6.92 Å². The van der Waals surface area contributed by atoms with Gasteiger partial charge in [0.1, 0.15) is 0 Å². The van der Waals surface area contributed by atoms with Gasteiger partial charge in [0.25, 0.3) is 0 Å². The molecule has 0 saturated carbocycles. The minimum atomic E-state index is -1.46. The quantitative estimate of drug-likeness (QED) is 0.569. The molecule has 3 atom stereocenters. The van der Waals surface area contributed by atoms with Crippen molar-refractivity contribution in [2.75, 3.05) is 6.61 Å². The van der Waals surface area contributed by atoms with Crippen molar-refractivity contribution < 1.29 is 24.2 Å². The zero-order valence-electron chi connectivity index (χ0n) is 12.0. The molecule has 1 N–H and O–H groups in total. The largest absolute Gasteiger partial charge is 0.480 e. The van der Waals surface area contributed by atoms with Gasteiger partial charge in [0.05, 0.1) is 18.8 Å². The van der Waals surface area contributed by atoms with Crippen LogP contribution in [0, 0.1) is 5.41 Å². The molecule has 1 fully saturated rings. The number of carbonyl (C=O) groups excluding carboxylic acids is 1. The Morgan fingerprint density at radius 2 is 2.05 bits per heavy atom. The molecule has 0 radical (unpaired) electrons. The predicted molar refractivity (Wildman–Crippen MR) is 69.8 cm³/mol. The molecule has 0 bridgehead atoms. The van der Waals surface area contributed by atoms with Crippen molar-refractivity contribution in [3.8, 4) is 0 Å².